The highest BCUT2D eigenvalue weighted by molar-refractivity contribution is 7.89. The molecule has 0 spiro atoms. The Balaban J connectivity index is 2.66. The average molecular weight is 285 g/mol. The Morgan fingerprint density at radius 3 is 2.68 bits per heavy atom. The fourth-order valence-corrected chi connectivity index (χ4v) is 2.13. The van der Waals surface area contributed by atoms with Crippen LogP contribution in [0.5, 0.6) is 0 Å². The lowest BCUT2D eigenvalue weighted by atomic mass is 10.3. The predicted molar refractivity (Wildman–Crippen MR) is 62.4 cm³/mol. The molecule has 8 nitrogen and oxygen atoms in total. The van der Waals surface area contributed by atoms with Crippen LogP contribution in [0.15, 0.2) is 23.2 Å². The Morgan fingerprint density at radius 2 is 2.21 bits per heavy atom. The van der Waals surface area contributed by atoms with Gasteiger partial charge in [0, 0.05) is 12.7 Å². The molecule has 0 amide bonds. The number of hydrogen-bond acceptors (Lipinski definition) is 6. The number of carbonyl (C=O) groups is 1. The van der Waals surface area contributed by atoms with E-state index in [4.69, 9.17) is 15.5 Å². The number of hydrogen-bond donors (Lipinski definition) is 3. The first-order chi connectivity index (χ1) is 8.86. The number of aromatic nitrogens is 1. The van der Waals surface area contributed by atoms with Crippen LogP contribution >= 0.6 is 0 Å². The second-order valence-electron chi connectivity index (χ2n) is 3.53. The van der Waals surface area contributed by atoms with Crippen molar-refractivity contribution in [1.29, 1.82) is 5.26 Å². The van der Waals surface area contributed by atoms with E-state index in [2.05, 4.69) is 9.71 Å². The van der Waals surface area contributed by atoms with Crippen LogP contribution in [0.25, 0.3) is 0 Å². The molecule has 19 heavy (non-hydrogen) atoms. The molecule has 0 bridgehead atoms. The average Bonchev–Trinajstić information content (AvgIpc) is 2.38. The minimum Gasteiger partial charge on any atom is -0.479 e. The molecule has 102 valence electrons. The highest BCUT2D eigenvalue weighted by Crippen LogP contribution is 2.07. The molecule has 1 aromatic rings. The van der Waals surface area contributed by atoms with Crippen molar-refractivity contribution in [2.75, 3.05) is 6.54 Å². The molecule has 1 heterocycles. The highest BCUT2D eigenvalue weighted by atomic mass is 32.2. The number of nitrogens with one attached hydrogen (secondary N) is 1. The van der Waals surface area contributed by atoms with Gasteiger partial charge in [0.05, 0.1) is 0 Å². The molecule has 0 aliphatic heterocycles. The van der Waals surface area contributed by atoms with Crippen LogP contribution in [0.4, 0.5) is 0 Å². The fourth-order valence-electron chi connectivity index (χ4n) is 1.14. The van der Waals surface area contributed by atoms with Gasteiger partial charge in [0.15, 0.2) is 6.10 Å². The van der Waals surface area contributed by atoms with E-state index in [0.717, 1.165) is 6.20 Å². The summed E-state index contributed by atoms with van der Waals surface area (Å²) in [5.74, 6) is -1.42. The van der Waals surface area contributed by atoms with E-state index in [1.807, 2.05) is 0 Å². The third kappa shape index (κ3) is 4.29. The molecule has 1 aromatic heterocycles. The lowest BCUT2D eigenvalue weighted by Crippen LogP contribution is -2.30. The molecule has 0 aliphatic carbocycles. The van der Waals surface area contributed by atoms with Gasteiger partial charge in [0.2, 0.25) is 10.0 Å². The number of aliphatic carboxylic acids is 1. The minimum atomic E-state index is -3.83. The fraction of sp³-hybridized carbons (Fsp3) is 0.300. The summed E-state index contributed by atoms with van der Waals surface area (Å²) in [5, 5.41) is 25.9. The summed E-state index contributed by atoms with van der Waals surface area (Å²) in [6, 6.07) is 4.21. The van der Waals surface area contributed by atoms with Crippen LogP contribution in [0.3, 0.4) is 0 Å². The number of pyridine rings is 1. The summed E-state index contributed by atoms with van der Waals surface area (Å²) in [4.78, 5) is 13.8. The molecule has 1 rings (SSSR count). The van der Waals surface area contributed by atoms with Crippen molar-refractivity contribution in [1.82, 2.24) is 9.71 Å². The third-order valence-electron chi connectivity index (χ3n) is 2.16. The van der Waals surface area contributed by atoms with Crippen molar-refractivity contribution in [3.05, 3.63) is 24.0 Å². The van der Waals surface area contributed by atoms with E-state index < -0.39 is 22.1 Å². The van der Waals surface area contributed by atoms with Gasteiger partial charge >= 0.3 is 5.97 Å². The van der Waals surface area contributed by atoms with E-state index in [9.17, 15) is 13.2 Å². The summed E-state index contributed by atoms with van der Waals surface area (Å²) in [6.07, 6.45) is -0.853. The van der Waals surface area contributed by atoms with Crippen LogP contribution in [-0.4, -0.2) is 42.2 Å². The normalized spacial score (nSPS) is 12.6. The van der Waals surface area contributed by atoms with Gasteiger partial charge in [-0.15, -0.1) is 0 Å². The molecule has 0 aromatic carbocycles. The molecule has 0 saturated carbocycles. The topological polar surface area (TPSA) is 140 Å². The van der Waals surface area contributed by atoms with Gasteiger partial charge in [0.25, 0.3) is 0 Å². The molecule has 0 unspecified atom stereocenters. The number of rotatable bonds is 6. The van der Waals surface area contributed by atoms with E-state index in [1.54, 1.807) is 6.07 Å². The summed E-state index contributed by atoms with van der Waals surface area (Å²) in [7, 11) is -3.83. The van der Waals surface area contributed by atoms with Crippen molar-refractivity contribution < 1.29 is 23.4 Å². The second-order valence-corrected chi connectivity index (χ2v) is 5.30. The van der Waals surface area contributed by atoms with Crippen LogP contribution in [0.1, 0.15) is 12.1 Å². The number of carboxylic acids is 1. The molecular formula is C10H11N3O5S. The molecule has 0 fully saturated rings. The zero-order valence-corrected chi connectivity index (χ0v) is 10.5. The SMILES string of the molecule is N#Cc1ccc(S(=O)(=O)NCC[C@H](O)C(=O)O)cn1. The maximum atomic E-state index is 11.7. The minimum absolute atomic E-state index is 0.0836. The largest absolute Gasteiger partial charge is 0.479 e. The molecule has 3 N–H and O–H groups in total. The van der Waals surface area contributed by atoms with Gasteiger partial charge in [-0.2, -0.15) is 5.26 Å². The number of nitriles is 1. The van der Waals surface area contributed by atoms with Crippen LogP contribution in [0, 0.1) is 11.3 Å². The lowest BCUT2D eigenvalue weighted by molar-refractivity contribution is -0.146. The Labute approximate surface area is 109 Å². The molecule has 0 aliphatic rings. The van der Waals surface area contributed by atoms with Crippen LogP contribution < -0.4 is 4.72 Å². The maximum Gasteiger partial charge on any atom is 0.332 e. The van der Waals surface area contributed by atoms with E-state index in [-0.39, 0.29) is 23.6 Å². The van der Waals surface area contributed by atoms with E-state index in [1.165, 1.54) is 12.1 Å². The van der Waals surface area contributed by atoms with Gasteiger partial charge in [-0.3, -0.25) is 0 Å². The quantitative estimate of drug-likeness (QED) is 0.613. The number of nitrogens with zero attached hydrogens (tertiary/aromatic N) is 2. The zero-order chi connectivity index (χ0) is 14.5. The van der Waals surface area contributed by atoms with Crippen molar-refractivity contribution in [2.45, 2.75) is 17.4 Å². The third-order valence-corrected chi connectivity index (χ3v) is 3.60. The Hall–Kier alpha value is -2.02. The Kier molecular flexibility index (Phi) is 4.94. The second kappa shape index (κ2) is 6.24. The summed E-state index contributed by atoms with van der Waals surface area (Å²) >= 11 is 0. The number of carboxylic acid groups (broad SMARTS) is 1. The molecule has 1 atom stereocenters. The van der Waals surface area contributed by atoms with Crippen molar-refractivity contribution >= 4 is 16.0 Å². The van der Waals surface area contributed by atoms with Crippen LogP contribution in [0.2, 0.25) is 0 Å². The first-order valence-electron chi connectivity index (χ1n) is 5.13. The highest BCUT2D eigenvalue weighted by Gasteiger charge is 2.17. The number of aliphatic hydroxyl groups is 1. The Bertz CT molecular complexity index is 591. The van der Waals surface area contributed by atoms with Gasteiger partial charge in [-0.25, -0.2) is 22.9 Å². The lowest BCUT2D eigenvalue weighted by Gasteiger charge is -2.08. The smallest absolute Gasteiger partial charge is 0.332 e. The first-order valence-corrected chi connectivity index (χ1v) is 6.62. The predicted octanol–water partition coefficient (Wildman–Crippen LogP) is -0.933. The zero-order valence-electron chi connectivity index (χ0n) is 9.65. The van der Waals surface area contributed by atoms with Crippen LogP contribution in [-0.2, 0) is 14.8 Å². The van der Waals surface area contributed by atoms with Gasteiger partial charge < -0.3 is 10.2 Å². The summed E-state index contributed by atoms with van der Waals surface area (Å²) in [6.45, 7) is -0.226. The van der Waals surface area contributed by atoms with Crippen molar-refractivity contribution in [2.24, 2.45) is 0 Å². The Morgan fingerprint density at radius 1 is 1.53 bits per heavy atom. The standard InChI is InChI=1S/C10H11N3O5S/c11-5-7-1-2-8(6-12-7)19(17,18)13-4-3-9(14)10(15)16/h1-2,6,9,13-14H,3-4H2,(H,15,16)/t9-/m0/s1. The molecular weight excluding hydrogens is 274 g/mol. The summed E-state index contributed by atoms with van der Waals surface area (Å²) < 4.78 is 25.6. The molecule has 9 heteroatoms. The molecule has 0 saturated heterocycles. The van der Waals surface area contributed by atoms with Gasteiger partial charge in [-0.05, 0) is 18.6 Å². The van der Waals surface area contributed by atoms with E-state index >= 15 is 0 Å². The van der Waals surface area contributed by atoms with Crippen molar-refractivity contribution in [3.63, 3.8) is 0 Å². The van der Waals surface area contributed by atoms with Gasteiger partial charge in [-0.1, -0.05) is 0 Å². The monoisotopic (exact) mass is 285 g/mol. The number of aliphatic hydroxyl groups excluding tert-OH is 1. The van der Waals surface area contributed by atoms with Crippen molar-refractivity contribution in [3.8, 4) is 6.07 Å². The first kappa shape index (κ1) is 15.0. The van der Waals surface area contributed by atoms with E-state index in [0.29, 0.717) is 0 Å². The maximum absolute atomic E-state index is 11.7. The molecule has 0 radical (unpaired) electrons. The number of sulfonamides is 1. The summed E-state index contributed by atoms with van der Waals surface area (Å²) in [5.41, 5.74) is 0.0836. The van der Waals surface area contributed by atoms with Gasteiger partial charge in [0.1, 0.15) is 16.7 Å².